The quantitative estimate of drug-likeness (QED) is 0.410. The summed E-state index contributed by atoms with van der Waals surface area (Å²) in [6, 6.07) is 20.1. The van der Waals surface area contributed by atoms with Gasteiger partial charge in [-0.15, -0.1) is 0 Å². The monoisotopic (exact) mass is 340 g/mol. The Kier molecular flexibility index (Phi) is 8.38. The van der Waals surface area contributed by atoms with E-state index in [1.54, 1.807) is 0 Å². The van der Waals surface area contributed by atoms with Gasteiger partial charge in [0.1, 0.15) is 11.5 Å². The Hall–Kier alpha value is -1.96. The average Bonchev–Trinajstić information content (AvgIpc) is 2.63. The normalized spacial score (nSPS) is 11.3. The molecule has 0 heterocycles. The predicted molar refractivity (Wildman–Crippen MR) is 105 cm³/mol. The molecule has 2 rings (SSSR count). The van der Waals surface area contributed by atoms with Gasteiger partial charge in [-0.2, -0.15) is 0 Å². The van der Waals surface area contributed by atoms with E-state index in [-0.39, 0.29) is 0 Å². The van der Waals surface area contributed by atoms with Gasteiger partial charge >= 0.3 is 0 Å². The molecule has 0 saturated carbocycles. The van der Waals surface area contributed by atoms with Crippen molar-refractivity contribution in [2.45, 2.75) is 52.4 Å². The summed E-state index contributed by atoms with van der Waals surface area (Å²) >= 11 is 0. The van der Waals surface area contributed by atoms with Crippen molar-refractivity contribution in [2.24, 2.45) is 5.41 Å². The second-order valence-corrected chi connectivity index (χ2v) is 7.40. The van der Waals surface area contributed by atoms with Crippen LogP contribution in [0.1, 0.15) is 52.4 Å². The molecule has 0 unspecified atom stereocenters. The lowest BCUT2D eigenvalue weighted by molar-refractivity contribution is 0.246. The first kappa shape index (κ1) is 19.4. The molecule has 2 aromatic carbocycles. The number of unbranched alkanes of at least 4 members (excludes halogenated alkanes) is 2. The molecule has 2 aromatic rings. The molecule has 0 fully saturated rings. The zero-order chi connectivity index (χ0) is 17.8. The summed E-state index contributed by atoms with van der Waals surface area (Å²) in [7, 11) is 0. The van der Waals surface area contributed by atoms with E-state index in [4.69, 9.17) is 9.47 Å². The Bertz CT molecular complexity index is 512. The third-order valence-electron chi connectivity index (χ3n) is 4.52. The molecule has 25 heavy (non-hydrogen) atoms. The zero-order valence-corrected chi connectivity index (χ0v) is 15.7. The third-order valence-corrected chi connectivity index (χ3v) is 4.52. The summed E-state index contributed by atoms with van der Waals surface area (Å²) < 4.78 is 11.5. The van der Waals surface area contributed by atoms with Crippen LogP contribution in [0, 0.1) is 5.41 Å². The summed E-state index contributed by atoms with van der Waals surface area (Å²) in [4.78, 5) is 0. The standard InChI is InChI=1S/C23H32O2/c1-23(2,17-9-11-19-24-21-13-5-3-6-14-21)18-10-12-20-25-22-15-7-4-8-16-22/h3-8,13-16H,9-12,17-20H2,1-2H3. The van der Waals surface area contributed by atoms with Crippen LogP contribution in [0.4, 0.5) is 0 Å². The van der Waals surface area contributed by atoms with Gasteiger partial charge in [0.25, 0.3) is 0 Å². The molecule has 0 N–H and O–H groups in total. The average molecular weight is 341 g/mol. The van der Waals surface area contributed by atoms with Crippen molar-refractivity contribution in [1.82, 2.24) is 0 Å². The molecule has 0 saturated heterocycles. The summed E-state index contributed by atoms with van der Waals surface area (Å²) in [5.41, 5.74) is 0.402. The molecular formula is C23H32O2. The van der Waals surface area contributed by atoms with Crippen molar-refractivity contribution in [3.8, 4) is 11.5 Å². The van der Waals surface area contributed by atoms with E-state index in [0.717, 1.165) is 37.6 Å². The fourth-order valence-electron chi connectivity index (χ4n) is 2.95. The van der Waals surface area contributed by atoms with Crippen molar-refractivity contribution in [1.29, 1.82) is 0 Å². The number of ether oxygens (including phenoxy) is 2. The van der Waals surface area contributed by atoms with Crippen molar-refractivity contribution in [3.05, 3.63) is 60.7 Å². The van der Waals surface area contributed by atoms with Crippen molar-refractivity contribution < 1.29 is 9.47 Å². The fraction of sp³-hybridized carbons (Fsp3) is 0.478. The van der Waals surface area contributed by atoms with Gasteiger partial charge in [-0.3, -0.25) is 0 Å². The van der Waals surface area contributed by atoms with Gasteiger partial charge in [-0.1, -0.05) is 50.2 Å². The largest absolute Gasteiger partial charge is 0.494 e. The Morgan fingerprint density at radius 3 is 1.40 bits per heavy atom. The number of benzene rings is 2. The molecule has 0 aliphatic heterocycles. The molecule has 0 bridgehead atoms. The molecular weight excluding hydrogens is 308 g/mol. The molecule has 2 heteroatoms. The molecule has 0 spiro atoms. The maximum absolute atomic E-state index is 5.76. The SMILES string of the molecule is CC(C)(CCCCOc1ccccc1)CCCCOc1ccccc1. The fourth-order valence-corrected chi connectivity index (χ4v) is 2.95. The molecule has 136 valence electrons. The number of para-hydroxylation sites is 2. The molecule has 0 aromatic heterocycles. The summed E-state index contributed by atoms with van der Waals surface area (Å²) in [5.74, 6) is 1.94. The van der Waals surface area contributed by atoms with Crippen molar-refractivity contribution >= 4 is 0 Å². The minimum absolute atomic E-state index is 0.402. The van der Waals surface area contributed by atoms with Gasteiger partial charge in [-0.25, -0.2) is 0 Å². The maximum Gasteiger partial charge on any atom is 0.119 e. The minimum Gasteiger partial charge on any atom is -0.494 e. The molecule has 2 nitrogen and oxygen atoms in total. The summed E-state index contributed by atoms with van der Waals surface area (Å²) in [5, 5.41) is 0. The van der Waals surface area contributed by atoms with Gasteiger partial charge in [0.05, 0.1) is 13.2 Å². The lowest BCUT2D eigenvalue weighted by Crippen LogP contribution is -2.12. The Balaban J connectivity index is 1.49. The lowest BCUT2D eigenvalue weighted by Gasteiger charge is -2.24. The first-order valence-electron chi connectivity index (χ1n) is 9.51. The van der Waals surface area contributed by atoms with Crippen molar-refractivity contribution in [3.63, 3.8) is 0 Å². The molecule has 0 radical (unpaired) electrons. The minimum atomic E-state index is 0.402. The highest BCUT2D eigenvalue weighted by atomic mass is 16.5. The zero-order valence-electron chi connectivity index (χ0n) is 15.7. The Morgan fingerprint density at radius 1 is 0.600 bits per heavy atom. The molecule has 0 aliphatic carbocycles. The van der Waals surface area contributed by atoms with Crippen LogP contribution in [0.2, 0.25) is 0 Å². The molecule has 0 atom stereocenters. The van der Waals surface area contributed by atoms with E-state index in [0.29, 0.717) is 5.41 Å². The third kappa shape index (κ3) is 8.62. The number of hydrogen-bond donors (Lipinski definition) is 0. The number of hydrogen-bond acceptors (Lipinski definition) is 2. The highest BCUT2D eigenvalue weighted by molar-refractivity contribution is 5.21. The van der Waals surface area contributed by atoms with Gasteiger partial charge in [0.15, 0.2) is 0 Å². The van der Waals surface area contributed by atoms with Crippen LogP contribution in [-0.2, 0) is 0 Å². The van der Waals surface area contributed by atoms with Gasteiger partial charge in [0.2, 0.25) is 0 Å². The number of rotatable bonds is 12. The van der Waals surface area contributed by atoms with E-state index in [1.165, 1.54) is 25.7 Å². The molecule has 0 aliphatic rings. The Morgan fingerprint density at radius 2 is 1.00 bits per heavy atom. The van der Waals surface area contributed by atoms with Crippen LogP contribution < -0.4 is 9.47 Å². The van der Waals surface area contributed by atoms with Crippen LogP contribution in [0.15, 0.2) is 60.7 Å². The van der Waals surface area contributed by atoms with Crippen LogP contribution >= 0.6 is 0 Å². The van der Waals surface area contributed by atoms with Crippen LogP contribution in [0.5, 0.6) is 11.5 Å². The molecule has 0 amide bonds. The van der Waals surface area contributed by atoms with Gasteiger partial charge in [0, 0.05) is 0 Å². The van der Waals surface area contributed by atoms with Crippen LogP contribution in [0.25, 0.3) is 0 Å². The second kappa shape index (κ2) is 10.8. The first-order valence-corrected chi connectivity index (χ1v) is 9.51. The van der Waals surface area contributed by atoms with Crippen molar-refractivity contribution in [2.75, 3.05) is 13.2 Å². The van der Waals surface area contributed by atoms with E-state index in [2.05, 4.69) is 13.8 Å². The maximum atomic E-state index is 5.76. The summed E-state index contributed by atoms with van der Waals surface area (Å²) in [6.45, 7) is 6.38. The highest BCUT2D eigenvalue weighted by Gasteiger charge is 2.16. The van der Waals surface area contributed by atoms with E-state index < -0.39 is 0 Å². The predicted octanol–water partition coefficient (Wildman–Crippen LogP) is 6.51. The second-order valence-electron chi connectivity index (χ2n) is 7.40. The smallest absolute Gasteiger partial charge is 0.119 e. The Labute approximate surface area is 153 Å². The highest BCUT2D eigenvalue weighted by Crippen LogP contribution is 2.29. The van der Waals surface area contributed by atoms with Crippen LogP contribution in [0.3, 0.4) is 0 Å². The van der Waals surface area contributed by atoms with Gasteiger partial charge < -0.3 is 9.47 Å². The lowest BCUT2D eigenvalue weighted by atomic mass is 9.82. The topological polar surface area (TPSA) is 18.5 Å². The summed E-state index contributed by atoms with van der Waals surface area (Å²) in [6.07, 6.45) is 7.20. The first-order chi connectivity index (χ1) is 12.2. The van der Waals surface area contributed by atoms with Gasteiger partial charge in [-0.05, 0) is 68.2 Å². The van der Waals surface area contributed by atoms with E-state index in [9.17, 15) is 0 Å². The van der Waals surface area contributed by atoms with E-state index >= 15 is 0 Å². The van der Waals surface area contributed by atoms with E-state index in [1.807, 2.05) is 60.7 Å². The van der Waals surface area contributed by atoms with Crippen LogP contribution in [-0.4, -0.2) is 13.2 Å².